The van der Waals surface area contributed by atoms with E-state index in [9.17, 15) is 19.2 Å². The number of methoxy groups -OCH3 is 2. The molecule has 10 heteroatoms. The number of rotatable bonds is 7. The minimum absolute atomic E-state index is 0.167. The molecule has 0 unspecified atom stereocenters. The van der Waals surface area contributed by atoms with Gasteiger partial charge in [-0.15, -0.1) is 0 Å². The molecule has 1 fully saturated rings. The topological polar surface area (TPSA) is 111 Å². The molecule has 4 rings (SSSR count). The van der Waals surface area contributed by atoms with Crippen LogP contribution in [0.25, 0.3) is 6.08 Å². The van der Waals surface area contributed by atoms with Crippen molar-refractivity contribution in [1.82, 2.24) is 5.32 Å². The van der Waals surface area contributed by atoms with Gasteiger partial charge in [0.05, 0.1) is 25.5 Å². The van der Waals surface area contributed by atoms with Crippen LogP contribution in [0.1, 0.15) is 21.5 Å². The Labute approximate surface area is 217 Å². The van der Waals surface area contributed by atoms with Gasteiger partial charge < -0.3 is 14.2 Å². The summed E-state index contributed by atoms with van der Waals surface area (Å²) in [4.78, 5) is 51.0. The summed E-state index contributed by atoms with van der Waals surface area (Å²) in [6, 6.07) is 16.8. The third kappa shape index (κ3) is 5.62. The van der Waals surface area contributed by atoms with Crippen LogP contribution in [0, 0.1) is 0 Å². The highest BCUT2D eigenvalue weighted by Crippen LogP contribution is 2.30. The number of urea groups is 1. The zero-order chi connectivity index (χ0) is 26.5. The quantitative estimate of drug-likeness (QED) is 0.279. The molecule has 1 aliphatic heterocycles. The molecule has 0 aromatic heterocycles. The first-order chi connectivity index (χ1) is 17.8. The summed E-state index contributed by atoms with van der Waals surface area (Å²) in [6.07, 6.45) is 1.34. The molecule has 188 valence electrons. The Bertz CT molecular complexity index is 1420. The summed E-state index contributed by atoms with van der Waals surface area (Å²) < 4.78 is 15.9. The number of ether oxygens (including phenoxy) is 3. The van der Waals surface area contributed by atoms with Crippen LogP contribution < -0.4 is 19.7 Å². The molecule has 3 aromatic rings. The fourth-order valence-electron chi connectivity index (χ4n) is 3.59. The first-order valence-electron chi connectivity index (χ1n) is 11.0. The van der Waals surface area contributed by atoms with E-state index >= 15 is 0 Å². The number of amides is 4. The van der Waals surface area contributed by atoms with Gasteiger partial charge in [-0.25, -0.2) is 14.5 Å². The van der Waals surface area contributed by atoms with Gasteiger partial charge in [0, 0.05) is 16.7 Å². The number of nitrogens with one attached hydrogen (secondary N) is 1. The Morgan fingerprint density at radius 1 is 1.00 bits per heavy atom. The Kier molecular flexibility index (Phi) is 7.55. The molecule has 1 N–H and O–H groups in total. The molecular weight excluding hydrogens is 500 g/mol. The zero-order valence-electron chi connectivity index (χ0n) is 19.8. The Balaban J connectivity index is 1.66. The third-order valence-electron chi connectivity index (χ3n) is 5.45. The third-order valence-corrected chi connectivity index (χ3v) is 5.69. The normalized spacial score (nSPS) is 14.4. The van der Waals surface area contributed by atoms with Gasteiger partial charge in [0.25, 0.3) is 11.8 Å². The first-order valence-corrected chi connectivity index (χ1v) is 11.3. The highest BCUT2D eigenvalue weighted by molar-refractivity contribution is 6.39. The first kappa shape index (κ1) is 25.5. The monoisotopic (exact) mass is 520 g/mol. The number of halogens is 1. The molecule has 0 aliphatic carbocycles. The maximum Gasteiger partial charge on any atom is 0.337 e. The van der Waals surface area contributed by atoms with Crippen LogP contribution in [-0.4, -0.2) is 38.0 Å². The van der Waals surface area contributed by atoms with E-state index in [-0.39, 0.29) is 23.4 Å². The molecule has 0 spiro atoms. The van der Waals surface area contributed by atoms with Gasteiger partial charge >= 0.3 is 12.0 Å². The number of imide groups is 2. The van der Waals surface area contributed by atoms with Crippen molar-refractivity contribution in [2.24, 2.45) is 0 Å². The lowest BCUT2D eigenvalue weighted by molar-refractivity contribution is -0.122. The summed E-state index contributed by atoms with van der Waals surface area (Å²) in [6.45, 7) is 0.168. The molecule has 9 nitrogen and oxygen atoms in total. The van der Waals surface area contributed by atoms with E-state index in [1.54, 1.807) is 36.4 Å². The van der Waals surface area contributed by atoms with Gasteiger partial charge in [0.15, 0.2) is 0 Å². The summed E-state index contributed by atoms with van der Waals surface area (Å²) in [5.74, 6) is -1.41. The molecule has 0 saturated carbocycles. The number of anilines is 1. The smallest absolute Gasteiger partial charge is 0.337 e. The SMILES string of the molecule is COC(=O)c1ccc(N2C(=O)NC(=O)/C(=C\c3ccc(OC)cc3OCc3cccc(Cl)c3)C2=O)cc1. The van der Waals surface area contributed by atoms with Crippen molar-refractivity contribution in [1.29, 1.82) is 0 Å². The molecule has 1 saturated heterocycles. The number of carbonyl (C=O) groups is 4. The highest BCUT2D eigenvalue weighted by atomic mass is 35.5. The molecular formula is C27H21ClN2O7. The van der Waals surface area contributed by atoms with Gasteiger partial charge in [-0.1, -0.05) is 23.7 Å². The number of benzene rings is 3. The molecule has 37 heavy (non-hydrogen) atoms. The largest absolute Gasteiger partial charge is 0.497 e. The zero-order valence-corrected chi connectivity index (χ0v) is 20.6. The lowest BCUT2D eigenvalue weighted by Crippen LogP contribution is -2.54. The van der Waals surface area contributed by atoms with Crippen LogP contribution in [0.5, 0.6) is 11.5 Å². The summed E-state index contributed by atoms with van der Waals surface area (Å²) in [5.41, 5.74) is 1.35. The van der Waals surface area contributed by atoms with Gasteiger partial charge in [-0.05, 0) is 60.2 Å². The summed E-state index contributed by atoms with van der Waals surface area (Å²) in [7, 11) is 2.74. The van der Waals surface area contributed by atoms with Crippen LogP contribution in [0.3, 0.4) is 0 Å². The fraction of sp³-hybridized carbons (Fsp3) is 0.111. The second-order valence-corrected chi connectivity index (χ2v) is 8.26. The van der Waals surface area contributed by atoms with Crippen molar-refractivity contribution >= 4 is 47.2 Å². The van der Waals surface area contributed by atoms with Crippen LogP contribution in [-0.2, 0) is 20.9 Å². The van der Waals surface area contributed by atoms with Crippen LogP contribution in [0.15, 0.2) is 72.3 Å². The van der Waals surface area contributed by atoms with Crippen molar-refractivity contribution in [3.8, 4) is 11.5 Å². The van der Waals surface area contributed by atoms with Crippen LogP contribution in [0.4, 0.5) is 10.5 Å². The highest BCUT2D eigenvalue weighted by Gasteiger charge is 2.37. The maximum absolute atomic E-state index is 13.3. The number of hydrogen-bond acceptors (Lipinski definition) is 7. The molecule has 1 aliphatic rings. The average Bonchev–Trinajstić information content (AvgIpc) is 2.90. The van der Waals surface area contributed by atoms with Crippen molar-refractivity contribution in [2.75, 3.05) is 19.1 Å². The standard InChI is InChI=1S/C27H21ClN2O7/c1-35-21-11-8-18(23(14-21)37-15-16-4-3-5-19(28)12-16)13-22-24(31)29-27(34)30(25(22)32)20-9-6-17(7-10-20)26(33)36-2/h3-14H,15H2,1-2H3,(H,29,31,34)/b22-13+. The van der Waals surface area contributed by atoms with Crippen LogP contribution in [0.2, 0.25) is 5.02 Å². The second-order valence-electron chi connectivity index (χ2n) is 7.82. The van der Waals surface area contributed by atoms with Crippen molar-refractivity contribution in [3.63, 3.8) is 0 Å². The van der Waals surface area contributed by atoms with E-state index in [2.05, 4.69) is 10.1 Å². The van der Waals surface area contributed by atoms with E-state index in [0.717, 1.165) is 10.5 Å². The van der Waals surface area contributed by atoms with E-state index in [0.29, 0.717) is 22.1 Å². The second kappa shape index (κ2) is 11.0. The van der Waals surface area contributed by atoms with E-state index in [4.69, 9.17) is 21.1 Å². The minimum atomic E-state index is -0.912. The predicted octanol–water partition coefficient (Wildman–Crippen LogP) is 4.38. The van der Waals surface area contributed by atoms with Crippen LogP contribution >= 0.6 is 11.6 Å². The predicted molar refractivity (Wildman–Crippen MR) is 136 cm³/mol. The number of nitrogens with zero attached hydrogens (tertiary/aromatic N) is 1. The number of hydrogen-bond donors (Lipinski definition) is 1. The van der Waals surface area contributed by atoms with Crippen molar-refractivity contribution < 1.29 is 33.4 Å². The van der Waals surface area contributed by atoms with E-state index in [1.165, 1.54) is 44.6 Å². The van der Waals surface area contributed by atoms with E-state index in [1.807, 2.05) is 6.07 Å². The van der Waals surface area contributed by atoms with Gasteiger partial charge in [0.2, 0.25) is 0 Å². The maximum atomic E-state index is 13.3. The van der Waals surface area contributed by atoms with Gasteiger partial charge in [-0.3, -0.25) is 14.9 Å². The fourth-order valence-corrected chi connectivity index (χ4v) is 3.80. The van der Waals surface area contributed by atoms with Gasteiger partial charge in [-0.2, -0.15) is 0 Å². The lowest BCUT2D eigenvalue weighted by Gasteiger charge is -2.26. The molecule has 0 radical (unpaired) electrons. The molecule has 0 atom stereocenters. The number of esters is 1. The van der Waals surface area contributed by atoms with Gasteiger partial charge in [0.1, 0.15) is 23.7 Å². The minimum Gasteiger partial charge on any atom is -0.497 e. The summed E-state index contributed by atoms with van der Waals surface area (Å²) in [5, 5.41) is 2.73. The lowest BCUT2D eigenvalue weighted by atomic mass is 10.1. The molecule has 0 bridgehead atoms. The number of barbiturate groups is 1. The van der Waals surface area contributed by atoms with E-state index < -0.39 is 23.8 Å². The average molecular weight is 521 g/mol. The number of carbonyl (C=O) groups excluding carboxylic acids is 4. The summed E-state index contributed by atoms with van der Waals surface area (Å²) >= 11 is 6.05. The Morgan fingerprint density at radius 3 is 2.43 bits per heavy atom. The Morgan fingerprint density at radius 2 is 1.76 bits per heavy atom. The molecule has 1 heterocycles. The van der Waals surface area contributed by atoms with Crippen molar-refractivity contribution in [3.05, 3.63) is 94.0 Å². The molecule has 4 amide bonds. The Hall–Kier alpha value is -4.63. The van der Waals surface area contributed by atoms with Crippen molar-refractivity contribution in [2.45, 2.75) is 6.61 Å². The molecule has 3 aromatic carbocycles.